The molecule has 0 radical (unpaired) electrons. The zero-order valence-electron chi connectivity index (χ0n) is 10.9. The summed E-state index contributed by atoms with van der Waals surface area (Å²) >= 11 is 1.31. The van der Waals surface area contributed by atoms with Gasteiger partial charge in [0.25, 0.3) is 5.91 Å². The highest BCUT2D eigenvalue weighted by atomic mass is 32.1. The van der Waals surface area contributed by atoms with Crippen LogP contribution in [0.25, 0.3) is 10.2 Å². The van der Waals surface area contributed by atoms with Crippen molar-refractivity contribution in [3.8, 4) is 0 Å². The Kier molecular flexibility index (Phi) is 3.95. The molecule has 5 heteroatoms. The number of allylic oxidation sites excluding steroid dienone is 1. The van der Waals surface area contributed by atoms with Crippen LogP contribution in [0.5, 0.6) is 0 Å². The number of fused-ring (bicyclic) bond motifs is 1. The van der Waals surface area contributed by atoms with Crippen molar-refractivity contribution in [1.82, 2.24) is 4.57 Å². The van der Waals surface area contributed by atoms with E-state index in [9.17, 15) is 9.18 Å². The molecule has 0 bridgehead atoms. The Morgan fingerprint density at radius 2 is 2.32 bits per heavy atom. The fraction of sp³-hybridized carbons (Fsp3) is 0.286. The van der Waals surface area contributed by atoms with Gasteiger partial charge in [0.1, 0.15) is 5.82 Å². The van der Waals surface area contributed by atoms with Gasteiger partial charge in [-0.2, -0.15) is 4.99 Å². The molecule has 3 nitrogen and oxygen atoms in total. The number of benzene rings is 1. The molecule has 1 aromatic heterocycles. The van der Waals surface area contributed by atoms with Gasteiger partial charge in [0.05, 0.1) is 10.2 Å². The number of hydrogen-bond donors (Lipinski definition) is 0. The van der Waals surface area contributed by atoms with E-state index in [1.165, 1.54) is 23.5 Å². The smallest absolute Gasteiger partial charge is 0.250 e. The van der Waals surface area contributed by atoms with Crippen LogP contribution in [0.1, 0.15) is 13.8 Å². The van der Waals surface area contributed by atoms with Crippen molar-refractivity contribution in [2.24, 2.45) is 10.9 Å². The molecular weight excluding hydrogens is 263 g/mol. The third-order valence-corrected chi connectivity index (χ3v) is 3.70. The summed E-state index contributed by atoms with van der Waals surface area (Å²) in [6.07, 6.45) is 1.73. The maximum atomic E-state index is 13.2. The maximum Gasteiger partial charge on any atom is 0.250 e. The summed E-state index contributed by atoms with van der Waals surface area (Å²) in [5.41, 5.74) is 0.863. The maximum absolute atomic E-state index is 13.2. The second kappa shape index (κ2) is 5.48. The van der Waals surface area contributed by atoms with E-state index >= 15 is 0 Å². The lowest BCUT2D eigenvalue weighted by Gasteiger charge is -2.01. The second-order valence-electron chi connectivity index (χ2n) is 4.50. The molecule has 0 aliphatic heterocycles. The number of carbonyl (C=O) groups excluding carboxylic acids is 1. The Morgan fingerprint density at radius 3 is 2.95 bits per heavy atom. The lowest BCUT2D eigenvalue weighted by Crippen LogP contribution is -2.17. The number of nitrogens with zero attached hydrogens (tertiary/aromatic N) is 2. The third kappa shape index (κ3) is 2.81. The summed E-state index contributed by atoms with van der Waals surface area (Å²) < 4.78 is 15.9. The second-order valence-corrected chi connectivity index (χ2v) is 5.51. The molecule has 2 rings (SSSR count). The largest absolute Gasteiger partial charge is 0.313 e. The van der Waals surface area contributed by atoms with E-state index in [1.807, 2.05) is 4.57 Å². The SMILES string of the molecule is C=CCn1c(=NC(=O)C(C)C)sc2cc(F)ccc21. The van der Waals surface area contributed by atoms with Gasteiger partial charge in [0, 0.05) is 12.5 Å². The first-order valence-electron chi connectivity index (χ1n) is 6.01. The first-order valence-corrected chi connectivity index (χ1v) is 6.83. The molecule has 0 unspecified atom stereocenters. The van der Waals surface area contributed by atoms with Gasteiger partial charge in [-0.25, -0.2) is 4.39 Å². The molecule has 2 aromatic rings. The highest BCUT2D eigenvalue weighted by Gasteiger charge is 2.09. The number of hydrogen-bond acceptors (Lipinski definition) is 2. The van der Waals surface area contributed by atoms with Crippen LogP contribution in [-0.2, 0) is 11.3 Å². The Hall–Kier alpha value is -1.75. The third-order valence-electron chi connectivity index (χ3n) is 2.66. The van der Waals surface area contributed by atoms with Crippen molar-refractivity contribution < 1.29 is 9.18 Å². The summed E-state index contributed by atoms with van der Waals surface area (Å²) in [6.45, 7) is 7.84. The molecule has 0 saturated carbocycles. The van der Waals surface area contributed by atoms with E-state index in [4.69, 9.17) is 0 Å². The summed E-state index contributed by atoms with van der Waals surface area (Å²) in [5.74, 6) is -0.620. The molecule has 0 atom stereocenters. The van der Waals surface area contributed by atoms with Crippen molar-refractivity contribution in [1.29, 1.82) is 0 Å². The number of aromatic nitrogens is 1. The minimum Gasteiger partial charge on any atom is -0.313 e. The quantitative estimate of drug-likeness (QED) is 0.794. The van der Waals surface area contributed by atoms with Gasteiger partial charge in [0.2, 0.25) is 0 Å². The Morgan fingerprint density at radius 1 is 1.58 bits per heavy atom. The molecular formula is C14H15FN2OS. The molecule has 0 fully saturated rings. The normalized spacial score (nSPS) is 12.3. The van der Waals surface area contributed by atoms with Crippen LogP contribution < -0.4 is 4.80 Å². The fourth-order valence-electron chi connectivity index (χ4n) is 1.66. The van der Waals surface area contributed by atoms with Crippen molar-refractivity contribution in [2.75, 3.05) is 0 Å². The van der Waals surface area contributed by atoms with Gasteiger partial charge in [-0.3, -0.25) is 4.79 Å². The predicted octanol–water partition coefficient (Wildman–Crippen LogP) is 3.11. The van der Waals surface area contributed by atoms with Crippen LogP contribution in [-0.4, -0.2) is 10.5 Å². The van der Waals surface area contributed by atoms with Crippen LogP contribution in [0, 0.1) is 11.7 Å². The lowest BCUT2D eigenvalue weighted by atomic mass is 10.2. The topological polar surface area (TPSA) is 34.4 Å². The van der Waals surface area contributed by atoms with Gasteiger partial charge in [-0.05, 0) is 18.2 Å². The molecule has 1 aromatic carbocycles. The lowest BCUT2D eigenvalue weighted by molar-refractivity contribution is -0.120. The van der Waals surface area contributed by atoms with E-state index < -0.39 is 0 Å². The van der Waals surface area contributed by atoms with E-state index in [-0.39, 0.29) is 17.6 Å². The molecule has 100 valence electrons. The molecule has 0 spiro atoms. The van der Waals surface area contributed by atoms with Crippen LogP contribution in [0.15, 0.2) is 35.8 Å². The van der Waals surface area contributed by atoms with Crippen LogP contribution in [0.4, 0.5) is 4.39 Å². The van der Waals surface area contributed by atoms with Gasteiger partial charge < -0.3 is 4.57 Å². The molecule has 0 aliphatic carbocycles. The van der Waals surface area contributed by atoms with Crippen molar-refractivity contribution in [3.05, 3.63) is 41.5 Å². The number of rotatable bonds is 3. The predicted molar refractivity (Wildman–Crippen MR) is 75.4 cm³/mol. The van der Waals surface area contributed by atoms with Gasteiger partial charge in [-0.1, -0.05) is 31.3 Å². The molecule has 0 saturated heterocycles. The minimum atomic E-state index is -0.291. The number of halogens is 1. The van der Waals surface area contributed by atoms with E-state index in [0.29, 0.717) is 11.3 Å². The first kappa shape index (κ1) is 13.7. The molecule has 1 heterocycles. The van der Waals surface area contributed by atoms with Gasteiger partial charge in [0.15, 0.2) is 4.80 Å². The van der Waals surface area contributed by atoms with Crippen molar-refractivity contribution >= 4 is 27.5 Å². The molecule has 1 amide bonds. The first-order chi connectivity index (χ1) is 9.02. The van der Waals surface area contributed by atoms with Crippen LogP contribution >= 0.6 is 11.3 Å². The Balaban J connectivity index is 2.69. The van der Waals surface area contributed by atoms with E-state index in [1.54, 1.807) is 26.0 Å². The molecule has 19 heavy (non-hydrogen) atoms. The average molecular weight is 278 g/mol. The molecule has 0 N–H and O–H groups in total. The summed E-state index contributed by atoms with van der Waals surface area (Å²) in [5, 5.41) is 0. The Labute approximate surface area is 114 Å². The van der Waals surface area contributed by atoms with Crippen LogP contribution in [0.2, 0.25) is 0 Å². The van der Waals surface area contributed by atoms with Gasteiger partial charge >= 0.3 is 0 Å². The number of thiazole rings is 1. The Bertz CT molecular complexity index is 697. The van der Waals surface area contributed by atoms with Crippen LogP contribution in [0.3, 0.4) is 0 Å². The highest BCUT2D eigenvalue weighted by Crippen LogP contribution is 2.18. The van der Waals surface area contributed by atoms with E-state index in [2.05, 4.69) is 11.6 Å². The zero-order chi connectivity index (χ0) is 14.0. The number of amides is 1. The zero-order valence-corrected chi connectivity index (χ0v) is 11.7. The fourth-order valence-corrected chi connectivity index (χ4v) is 2.73. The van der Waals surface area contributed by atoms with E-state index in [0.717, 1.165) is 10.2 Å². The van der Waals surface area contributed by atoms with Crippen molar-refractivity contribution in [3.63, 3.8) is 0 Å². The highest BCUT2D eigenvalue weighted by molar-refractivity contribution is 7.16. The number of carbonyl (C=O) groups is 1. The standard InChI is InChI=1S/C14H15FN2OS/c1-4-7-17-11-6-5-10(15)8-12(11)19-14(17)16-13(18)9(2)3/h4-6,8-9H,1,7H2,2-3H3. The summed E-state index contributed by atoms with van der Waals surface area (Å²) in [6, 6.07) is 4.56. The van der Waals surface area contributed by atoms with Crippen molar-refractivity contribution in [2.45, 2.75) is 20.4 Å². The summed E-state index contributed by atoms with van der Waals surface area (Å²) in [7, 11) is 0. The summed E-state index contributed by atoms with van der Waals surface area (Å²) in [4.78, 5) is 16.4. The van der Waals surface area contributed by atoms with Gasteiger partial charge in [-0.15, -0.1) is 6.58 Å². The molecule has 0 aliphatic rings. The minimum absolute atomic E-state index is 0.154. The average Bonchev–Trinajstić information content (AvgIpc) is 2.67. The monoisotopic (exact) mass is 278 g/mol.